The fraction of sp³-hybridized carbons (Fsp3) is 0.857. The smallest absolute Gasteiger partial charge is 0.381 e. The second-order valence-electron chi connectivity index (χ2n) is 3.22. The standard InChI is InChI=1S/C7H15O4P/c1-5(2)7(8)11-12(9,10)6(3)4/h5-6H,1-4H3,(H,9,10). The van der Waals surface area contributed by atoms with E-state index in [2.05, 4.69) is 4.52 Å². The van der Waals surface area contributed by atoms with Crippen LogP contribution in [-0.2, 0) is 13.9 Å². The van der Waals surface area contributed by atoms with Crippen LogP contribution in [0, 0.1) is 5.92 Å². The summed E-state index contributed by atoms with van der Waals surface area (Å²) < 4.78 is 15.6. The van der Waals surface area contributed by atoms with Crippen LogP contribution in [0.25, 0.3) is 0 Å². The van der Waals surface area contributed by atoms with Crippen molar-refractivity contribution >= 4 is 13.6 Å². The molecule has 5 heteroatoms. The summed E-state index contributed by atoms with van der Waals surface area (Å²) >= 11 is 0. The van der Waals surface area contributed by atoms with Gasteiger partial charge in [0.1, 0.15) is 0 Å². The molecule has 0 saturated heterocycles. The van der Waals surface area contributed by atoms with E-state index in [9.17, 15) is 9.36 Å². The zero-order valence-electron chi connectivity index (χ0n) is 7.77. The van der Waals surface area contributed by atoms with Gasteiger partial charge in [0.25, 0.3) is 0 Å². The zero-order chi connectivity index (χ0) is 9.94. The van der Waals surface area contributed by atoms with Crippen molar-refractivity contribution in [1.82, 2.24) is 0 Å². The number of carbonyl (C=O) groups excluding carboxylic acids is 1. The van der Waals surface area contributed by atoms with Crippen molar-refractivity contribution in [2.24, 2.45) is 5.92 Å². The second kappa shape index (κ2) is 4.06. The molecule has 0 aromatic heterocycles. The predicted octanol–water partition coefficient (Wildman–Crippen LogP) is 1.78. The number of hydrogen-bond donors (Lipinski definition) is 1. The van der Waals surface area contributed by atoms with Crippen molar-refractivity contribution < 1.29 is 18.8 Å². The summed E-state index contributed by atoms with van der Waals surface area (Å²) in [5.41, 5.74) is -0.541. The van der Waals surface area contributed by atoms with E-state index in [1.165, 1.54) is 13.8 Å². The maximum absolute atomic E-state index is 11.1. The van der Waals surface area contributed by atoms with E-state index in [0.29, 0.717) is 0 Å². The van der Waals surface area contributed by atoms with Gasteiger partial charge in [-0.2, -0.15) is 0 Å². The van der Waals surface area contributed by atoms with E-state index in [4.69, 9.17) is 4.89 Å². The summed E-state index contributed by atoms with van der Waals surface area (Å²) in [4.78, 5) is 20.0. The van der Waals surface area contributed by atoms with Gasteiger partial charge in [-0.15, -0.1) is 0 Å². The van der Waals surface area contributed by atoms with Crippen molar-refractivity contribution in [3.63, 3.8) is 0 Å². The van der Waals surface area contributed by atoms with Gasteiger partial charge in [0.15, 0.2) is 0 Å². The van der Waals surface area contributed by atoms with Crippen LogP contribution in [0.2, 0.25) is 0 Å². The van der Waals surface area contributed by atoms with Crippen LogP contribution in [0.3, 0.4) is 0 Å². The summed E-state index contributed by atoms with van der Waals surface area (Å²) in [6.07, 6.45) is 0. The van der Waals surface area contributed by atoms with Gasteiger partial charge in [-0.3, -0.25) is 4.79 Å². The Kier molecular flexibility index (Phi) is 3.94. The van der Waals surface area contributed by atoms with Gasteiger partial charge in [0.05, 0.1) is 11.6 Å². The molecule has 0 fully saturated rings. The van der Waals surface area contributed by atoms with Crippen LogP contribution in [-0.4, -0.2) is 16.5 Å². The Hall–Kier alpha value is -0.340. The van der Waals surface area contributed by atoms with Gasteiger partial charge in [0.2, 0.25) is 0 Å². The van der Waals surface area contributed by atoms with Crippen molar-refractivity contribution in [1.29, 1.82) is 0 Å². The molecule has 4 nitrogen and oxygen atoms in total. The van der Waals surface area contributed by atoms with E-state index in [1.54, 1.807) is 13.8 Å². The lowest BCUT2D eigenvalue weighted by Crippen LogP contribution is -2.13. The van der Waals surface area contributed by atoms with Gasteiger partial charge in [-0.25, -0.2) is 4.57 Å². The van der Waals surface area contributed by atoms with Gasteiger partial charge in [-0.05, 0) is 0 Å². The maximum atomic E-state index is 11.1. The summed E-state index contributed by atoms with van der Waals surface area (Å²) in [5, 5.41) is 0. The molecule has 0 saturated carbocycles. The molecule has 72 valence electrons. The average Bonchev–Trinajstić information content (AvgIpc) is 1.85. The highest BCUT2D eigenvalue weighted by Crippen LogP contribution is 2.47. The summed E-state index contributed by atoms with van der Waals surface area (Å²) in [7, 11) is -3.72. The number of carbonyl (C=O) groups is 1. The average molecular weight is 194 g/mol. The van der Waals surface area contributed by atoms with Crippen LogP contribution in [0.4, 0.5) is 0 Å². The molecule has 1 atom stereocenters. The minimum absolute atomic E-state index is 0.371. The first-order valence-electron chi connectivity index (χ1n) is 3.83. The van der Waals surface area contributed by atoms with Crippen LogP contribution < -0.4 is 0 Å². The molecule has 0 aliphatic rings. The van der Waals surface area contributed by atoms with Crippen molar-refractivity contribution in [3.8, 4) is 0 Å². The summed E-state index contributed by atoms with van der Waals surface area (Å²) in [6, 6.07) is 0. The monoisotopic (exact) mass is 194 g/mol. The van der Waals surface area contributed by atoms with Gasteiger partial charge in [-0.1, -0.05) is 27.7 Å². The zero-order valence-corrected chi connectivity index (χ0v) is 8.67. The SMILES string of the molecule is CC(C)C(=O)OP(=O)(O)C(C)C. The van der Waals surface area contributed by atoms with Crippen LogP contribution in [0.5, 0.6) is 0 Å². The molecule has 0 heterocycles. The molecule has 0 amide bonds. The van der Waals surface area contributed by atoms with Crippen LogP contribution in [0.1, 0.15) is 27.7 Å². The lowest BCUT2D eigenvalue weighted by molar-refractivity contribution is -0.138. The minimum Gasteiger partial charge on any atom is -0.391 e. The van der Waals surface area contributed by atoms with Gasteiger partial charge in [0, 0.05) is 0 Å². The third-order valence-electron chi connectivity index (χ3n) is 1.34. The highest BCUT2D eigenvalue weighted by atomic mass is 31.2. The van der Waals surface area contributed by atoms with E-state index in [1.807, 2.05) is 0 Å². The first kappa shape index (κ1) is 11.7. The fourth-order valence-corrected chi connectivity index (χ4v) is 1.02. The Morgan fingerprint density at radius 2 is 1.75 bits per heavy atom. The second-order valence-corrected chi connectivity index (χ2v) is 5.57. The van der Waals surface area contributed by atoms with Crippen LogP contribution in [0.15, 0.2) is 0 Å². The normalized spacial score (nSPS) is 16.2. The molecule has 0 bridgehead atoms. The van der Waals surface area contributed by atoms with E-state index < -0.39 is 19.2 Å². The Bertz CT molecular complexity index is 209. The van der Waals surface area contributed by atoms with Crippen molar-refractivity contribution in [2.45, 2.75) is 33.4 Å². The summed E-state index contributed by atoms with van der Waals surface area (Å²) in [5.74, 6) is -1.00. The molecule has 0 aliphatic carbocycles. The Balaban J connectivity index is 4.26. The lowest BCUT2D eigenvalue weighted by atomic mass is 10.2. The maximum Gasteiger partial charge on any atom is 0.381 e. The number of rotatable bonds is 3. The van der Waals surface area contributed by atoms with Crippen LogP contribution >= 0.6 is 7.60 Å². The molecular weight excluding hydrogens is 179 g/mol. The highest BCUT2D eigenvalue weighted by molar-refractivity contribution is 7.54. The lowest BCUT2D eigenvalue weighted by Gasteiger charge is -2.15. The molecule has 0 rings (SSSR count). The summed E-state index contributed by atoms with van der Waals surface area (Å²) in [6.45, 7) is 6.30. The molecule has 1 unspecified atom stereocenters. The first-order chi connectivity index (χ1) is 5.27. The molecule has 1 N–H and O–H groups in total. The fourth-order valence-electron chi connectivity index (χ4n) is 0.340. The molecule has 12 heavy (non-hydrogen) atoms. The third kappa shape index (κ3) is 3.37. The largest absolute Gasteiger partial charge is 0.391 e. The molecule has 0 spiro atoms. The Labute approximate surface area is 72.5 Å². The molecule has 0 radical (unpaired) electrons. The first-order valence-corrected chi connectivity index (χ1v) is 5.48. The third-order valence-corrected chi connectivity index (χ3v) is 3.09. The van der Waals surface area contributed by atoms with Crippen molar-refractivity contribution in [3.05, 3.63) is 0 Å². The van der Waals surface area contributed by atoms with Crippen molar-refractivity contribution in [2.75, 3.05) is 0 Å². The van der Waals surface area contributed by atoms with Gasteiger partial charge < -0.3 is 9.42 Å². The van der Waals surface area contributed by atoms with E-state index in [-0.39, 0.29) is 5.92 Å². The van der Waals surface area contributed by atoms with Gasteiger partial charge >= 0.3 is 13.6 Å². The quantitative estimate of drug-likeness (QED) is 0.695. The number of hydrogen-bond acceptors (Lipinski definition) is 3. The molecule has 0 aliphatic heterocycles. The molecule has 0 aromatic carbocycles. The topological polar surface area (TPSA) is 63.6 Å². The molecule has 0 aromatic rings. The van der Waals surface area contributed by atoms with E-state index >= 15 is 0 Å². The minimum atomic E-state index is -3.72. The Morgan fingerprint density at radius 1 is 1.33 bits per heavy atom. The highest BCUT2D eigenvalue weighted by Gasteiger charge is 2.29. The van der Waals surface area contributed by atoms with E-state index in [0.717, 1.165) is 0 Å². The predicted molar refractivity (Wildman–Crippen MR) is 45.9 cm³/mol. The Morgan fingerprint density at radius 3 is 2.00 bits per heavy atom. The molecular formula is C7H15O4P.